The van der Waals surface area contributed by atoms with Crippen LogP contribution in [0.4, 0.5) is 5.69 Å². The van der Waals surface area contributed by atoms with E-state index in [4.69, 9.17) is 9.73 Å². The minimum atomic E-state index is -0.869. The van der Waals surface area contributed by atoms with Crippen molar-refractivity contribution in [1.29, 1.82) is 0 Å². The minimum absolute atomic E-state index is 0.0852. The monoisotopic (exact) mass is 552 g/mol. The third-order valence-corrected chi connectivity index (χ3v) is 7.52. The number of carbonyl (C=O) groups is 2. The predicted octanol–water partition coefficient (Wildman–Crippen LogP) is 3.30. The number of nitrogens with one attached hydrogen (secondary N) is 1. The van der Waals surface area contributed by atoms with Crippen molar-refractivity contribution in [2.75, 3.05) is 7.11 Å². The van der Waals surface area contributed by atoms with Crippen molar-refractivity contribution in [3.05, 3.63) is 106 Å². The van der Waals surface area contributed by atoms with E-state index in [0.717, 1.165) is 16.9 Å². The van der Waals surface area contributed by atoms with Gasteiger partial charge in [0.15, 0.2) is 5.17 Å². The molecule has 0 saturated carbocycles. The summed E-state index contributed by atoms with van der Waals surface area (Å²) in [6.07, 6.45) is 1.58. The highest BCUT2D eigenvalue weighted by atomic mass is 32.2. The summed E-state index contributed by atoms with van der Waals surface area (Å²) in [5.74, 6) is 0.933. The third kappa shape index (κ3) is 4.98. The van der Waals surface area contributed by atoms with E-state index in [-0.39, 0.29) is 23.8 Å². The van der Waals surface area contributed by atoms with Crippen LogP contribution < -0.4 is 15.6 Å². The molecule has 6 rings (SSSR count). The van der Waals surface area contributed by atoms with Crippen LogP contribution in [-0.4, -0.2) is 50.3 Å². The first-order chi connectivity index (χ1) is 19.5. The zero-order valence-electron chi connectivity index (χ0n) is 21.5. The number of methoxy groups -OCH3 is 1. The minimum Gasteiger partial charge on any atom is -0.497 e. The van der Waals surface area contributed by atoms with E-state index in [2.05, 4.69) is 15.3 Å². The molecular formula is C29H24N6O4S. The summed E-state index contributed by atoms with van der Waals surface area (Å²) in [5, 5.41) is 3.30. The molecule has 2 aromatic heterocycles. The molecule has 1 atom stereocenters. The van der Waals surface area contributed by atoms with E-state index < -0.39 is 6.04 Å². The second-order valence-corrected chi connectivity index (χ2v) is 10.1. The fourth-order valence-electron chi connectivity index (χ4n) is 4.54. The van der Waals surface area contributed by atoms with E-state index in [1.165, 1.54) is 27.1 Å². The number of amides is 2. The first-order valence-corrected chi connectivity index (χ1v) is 13.6. The maximum Gasteiger partial charge on any atom is 0.259 e. The zero-order valence-corrected chi connectivity index (χ0v) is 22.3. The van der Waals surface area contributed by atoms with Gasteiger partial charge >= 0.3 is 0 Å². The van der Waals surface area contributed by atoms with Crippen molar-refractivity contribution in [2.24, 2.45) is 9.98 Å². The van der Waals surface area contributed by atoms with Crippen LogP contribution in [0.2, 0.25) is 0 Å². The molecule has 11 heteroatoms. The van der Waals surface area contributed by atoms with Gasteiger partial charge in [-0.15, -0.1) is 0 Å². The second-order valence-electron chi connectivity index (χ2n) is 9.19. The molecule has 0 spiro atoms. The van der Waals surface area contributed by atoms with Gasteiger partial charge in [0.25, 0.3) is 11.5 Å². The molecule has 2 aliphatic rings. The van der Waals surface area contributed by atoms with Crippen LogP contribution >= 0.6 is 11.8 Å². The molecule has 0 aliphatic carbocycles. The van der Waals surface area contributed by atoms with Gasteiger partial charge in [0.2, 0.25) is 5.91 Å². The van der Waals surface area contributed by atoms with Crippen molar-refractivity contribution in [1.82, 2.24) is 19.6 Å². The number of amidine groups is 2. The molecule has 0 saturated heterocycles. The molecule has 200 valence electrons. The Labute approximate surface area is 233 Å². The third-order valence-electron chi connectivity index (χ3n) is 6.55. The summed E-state index contributed by atoms with van der Waals surface area (Å²) in [7, 11) is 1.60. The maximum atomic E-state index is 13.5. The number of nitrogens with zero attached hydrogens (tertiary/aromatic N) is 5. The van der Waals surface area contributed by atoms with Gasteiger partial charge in [0.1, 0.15) is 23.3 Å². The Balaban J connectivity index is 1.19. The fourth-order valence-corrected chi connectivity index (χ4v) is 5.43. The molecule has 4 heterocycles. The number of benzene rings is 2. The molecule has 4 aromatic rings. The van der Waals surface area contributed by atoms with Crippen molar-refractivity contribution in [3.8, 4) is 5.75 Å². The van der Waals surface area contributed by atoms with Gasteiger partial charge in [-0.05, 0) is 42.0 Å². The molecule has 2 aliphatic heterocycles. The normalized spacial score (nSPS) is 15.8. The molecule has 40 heavy (non-hydrogen) atoms. The maximum absolute atomic E-state index is 13.5. The van der Waals surface area contributed by atoms with Crippen LogP contribution in [0.15, 0.2) is 93.8 Å². The summed E-state index contributed by atoms with van der Waals surface area (Å²) in [5.41, 5.74) is 3.26. The Morgan fingerprint density at radius 2 is 1.85 bits per heavy atom. The lowest BCUT2D eigenvalue weighted by molar-refractivity contribution is -0.128. The lowest BCUT2D eigenvalue weighted by atomic mass is 10.1. The van der Waals surface area contributed by atoms with E-state index in [1.807, 2.05) is 54.6 Å². The summed E-state index contributed by atoms with van der Waals surface area (Å²) >= 11 is 1.30. The molecular weight excluding hydrogens is 528 g/mol. The Hall–Kier alpha value is -4.77. The topological polar surface area (TPSA) is 118 Å². The molecule has 10 nitrogen and oxygen atoms in total. The van der Waals surface area contributed by atoms with Gasteiger partial charge in [0, 0.05) is 30.1 Å². The average Bonchev–Trinajstić information content (AvgIpc) is 3.31. The highest BCUT2D eigenvalue weighted by Crippen LogP contribution is 2.34. The summed E-state index contributed by atoms with van der Waals surface area (Å²) in [6, 6.07) is 20.8. The smallest absolute Gasteiger partial charge is 0.259 e. The van der Waals surface area contributed by atoms with E-state index in [0.29, 0.717) is 40.3 Å². The van der Waals surface area contributed by atoms with Crippen molar-refractivity contribution >= 4 is 45.9 Å². The number of hydrogen-bond acceptors (Lipinski definition) is 8. The van der Waals surface area contributed by atoms with Gasteiger partial charge in [0.05, 0.1) is 24.9 Å². The number of pyridine rings is 1. The van der Waals surface area contributed by atoms with Gasteiger partial charge in [-0.3, -0.25) is 23.8 Å². The van der Waals surface area contributed by atoms with Crippen LogP contribution in [0.25, 0.3) is 5.65 Å². The standard InChI is InChI=1S/C29H24N6O4S/c1-39-20-11-9-18(10-12-20)16-30-25(36)15-23-28(38)35-27(32-23)21-6-2-3-7-22(21)33-29(35)40-17-19-14-26(37)34-13-5-4-8-24(34)31-19/h2-14,23H,15-17H2,1H3,(H,30,36)/t23-/m0/s1. The number of para-hydroxylation sites is 1. The van der Waals surface area contributed by atoms with Crippen molar-refractivity contribution in [2.45, 2.75) is 24.8 Å². The number of thioether (sulfide) groups is 1. The molecule has 0 unspecified atom stereocenters. The number of ether oxygens (including phenoxy) is 1. The molecule has 1 N–H and O–H groups in total. The van der Waals surface area contributed by atoms with E-state index in [1.54, 1.807) is 25.4 Å². The van der Waals surface area contributed by atoms with Crippen LogP contribution in [0.1, 0.15) is 23.2 Å². The Kier molecular flexibility index (Phi) is 6.87. The highest BCUT2D eigenvalue weighted by Gasteiger charge is 2.42. The number of carbonyl (C=O) groups excluding carboxylic acids is 2. The molecule has 2 amide bonds. The SMILES string of the molecule is COc1ccc(CNC(=O)C[C@@H]2N=C3c4ccccc4N=C(SCc4cc(=O)n5ccccc5n4)N3C2=O)cc1. The van der Waals surface area contributed by atoms with Crippen molar-refractivity contribution in [3.63, 3.8) is 0 Å². The van der Waals surface area contributed by atoms with Gasteiger partial charge in [-0.1, -0.05) is 42.1 Å². The first-order valence-electron chi connectivity index (χ1n) is 12.6. The molecule has 0 radical (unpaired) electrons. The largest absolute Gasteiger partial charge is 0.497 e. The molecule has 0 fully saturated rings. The lowest BCUT2D eigenvalue weighted by Crippen LogP contribution is -2.42. The van der Waals surface area contributed by atoms with Crippen LogP contribution in [-0.2, 0) is 21.9 Å². The number of fused-ring (bicyclic) bond motifs is 4. The average molecular weight is 553 g/mol. The Bertz CT molecular complexity index is 1750. The van der Waals surface area contributed by atoms with Gasteiger partial charge in [-0.25, -0.2) is 14.9 Å². The Morgan fingerprint density at radius 3 is 2.67 bits per heavy atom. The summed E-state index contributed by atoms with van der Waals surface area (Å²) in [6.45, 7) is 0.328. The second kappa shape index (κ2) is 10.8. The quantitative estimate of drug-likeness (QED) is 0.376. The number of hydrogen-bond donors (Lipinski definition) is 1. The fraction of sp³-hybridized carbons (Fsp3) is 0.172. The van der Waals surface area contributed by atoms with Gasteiger partial charge < -0.3 is 10.1 Å². The number of rotatable bonds is 7. The lowest BCUT2D eigenvalue weighted by Gasteiger charge is -2.25. The molecule has 0 bridgehead atoms. The summed E-state index contributed by atoms with van der Waals surface area (Å²) in [4.78, 5) is 54.3. The highest BCUT2D eigenvalue weighted by molar-refractivity contribution is 8.13. The van der Waals surface area contributed by atoms with Crippen LogP contribution in [0, 0.1) is 0 Å². The Morgan fingerprint density at radius 1 is 1.05 bits per heavy atom. The zero-order chi connectivity index (χ0) is 27.6. The predicted molar refractivity (Wildman–Crippen MR) is 153 cm³/mol. The van der Waals surface area contributed by atoms with E-state index in [9.17, 15) is 14.4 Å². The number of aliphatic imine (C=N–C) groups is 2. The summed E-state index contributed by atoms with van der Waals surface area (Å²) < 4.78 is 6.64. The van der Waals surface area contributed by atoms with Gasteiger partial charge in [-0.2, -0.15) is 0 Å². The van der Waals surface area contributed by atoms with Crippen molar-refractivity contribution < 1.29 is 14.3 Å². The van der Waals surface area contributed by atoms with Crippen LogP contribution in [0.5, 0.6) is 5.75 Å². The first kappa shape index (κ1) is 25.5. The van der Waals surface area contributed by atoms with E-state index >= 15 is 0 Å². The van der Waals surface area contributed by atoms with Crippen LogP contribution in [0.3, 0.4) is 0 Å². The number of aromatic nitrogens is 2. The molecule has 2 aromatic carbocycles.